The van der Waals surface area contributed by atoms with E-state index >= 15 is 0 Å². The first-order chi connectivity index (χ1) is 13.6. The number of ketones is 1. The topological polar surface area (TPSA) is 69.6 Å². The Bertz CT molecular complexity index is 548. The number of anilines is 1. The number of rotatable bonds is 14. The van der Waals surface area contributed by atoms with Crippen LogP contribution < -0.4 is 5.32 Å². The third kappa shape index (κ3) is 8.32. The highest BCUT2D eigenvalue weighted by Gasteiger charge is 2.34. The highest BCUT2D eigenvalue weighted by molar-refractivity contribution is 5.77. The summed E-state index contributed by atoms with van der Waals surface area (Å²) < 4.78 is 0. The summed E-state index contributed by atoms with van der Waals surface area (Å²) in [4.78, 5) is 11.3. The van der Waals surface area contributed by atoms with Crippen LogP contribution in [0.5, 0.6) is 0 Å². The normalized spacial score (nSPS) is 22.9. The number of unbranched alkanes of at least 4 members (excludes halogenated alkanes) is 3. The summed E-state index contributed by atoms with van der Waals surface area (Å²) in [5, 5.41) is 24.0. The van der Waals surface area contributed by atoms with E-state index < -0.39 is 0 Å². The van der Waals surface area contributed by atoms with Crippen molar-refractivity contribution in [1.29, 1.82) is 0 Å². The largest absolute Gasteiger partial charge is 0.393 e. The van der Waals surface area contributed by atoms with E-state index in [1.54, 1.807) is 0 Å². The van der Waals surface area contributed by atoms with E-state index in [-0.39, 0.29) is 12.2 Å². The second kappa shape index (κ2) is 12.9. The number of benzene rings is 1. The summed E-state index contributed by atoms with van der Waals surface area (Å²) in [6.45, 7) is 2.50. The van der Waals surface area contributed by atoms with Crippen molar-refractivity contribution in [2.24, 2.45) is 11.8 Å². The third-order valence-corrected chi connectivity index (χ3v) is 6.26. The van der Waals surface area contributed by atoms with E-state index in [0.29, 0.717) is 30.6 Å². The number of aliphatic hydroxyl groups is 2. The van der Waals surface area contributed by atoms with Crippen LogP contribution in [0.1, 0.15) is 77.6 Å². The maximum absolute atomic E-state index is 11.3. The van der Waals surface area contributed by atoms with Gasteiger partial charge in [0.05, 0.1) is 12.2 Å². The average molecular weight is 390 g/mol. The van der Waals surface area contributed by atoms with E-state index in [1.165, 1.54) is 0 Å². The Labute approximate surface area is 170 Å². The van der Waals surface area contributed by atoms with Gasteiger partial charge in [-0.25, -0.2) is 0 Å². The second-order valence-electron chi connectivity index (χ2n) is 8.39. The van der Waals surface area contributed by atoms with Crippen molar-refractivity contribution in [2.45, 2.75) is 89.8 Å². The van der Waals surface area contributed by atoms with Crippen LogP contribution >= 0.6 is 0 Å². The molecule has 0 bridgehead atoms. The Kier molecular flexibility index (Phi) is 10.6. The van der Waals surface area contributed by atoms with Gasteiger partial charge in [0.15, 0.2) is 0 Å². The molecule has 1 fully saturated rings. The molecule has 0 aliphatic heterocycles. The maximum Gasteiger partial charge on any atom is 0.132 e. The SMILES string of the molecule is CCC(=O)CCCCCC[C@@H]1C(CCC(O)CNc2ccccc2)CC[C@@H]1O. The fraction of sp³-hybridized carbons (Fsp3) is 0.708. The lowest BCUT2D eigenvalue weighted by molar-refractivity contribution is -0.118. The second-order valence-corrected chi connectivity index (χ2v) is 8.39. The molecule has 1 aliphatic carbocycles. The molecule has 158 valence electrons. The van der Waals surface area contributed by atoms with Gasteiger partial charge < -0.3 is 15.5 Å². The minimum absolute atomic E-state index is 0.175. The summed E-state index contributed by atoms with van der Waals surface area (Å²) in [6.07, 6.45) is 10.1. The number of hydrogen-bond donors (Lipinski definition) is 3. The van der Waals surface area contributed by atoms with Crippen LogP contribution in [-0.4, -0.2) is 34.7 Å². The van der Waals surface area contributed by atoms with Gasteiger partial charge in [0, 0.05) is 25.1 Å². The molecule has 0 radical (unpaired) electrons. The number of Topliss-reactive ketones (excluding diaryl/α,β-unsaturated/α-hetero) is 1. The predicted molar refractivity (Wildman–Crippen MR) is 115 cm³/mol. The molecule has 1 aromatic carbocycles. The van der Waals surface area contributed by atoms with E-state index in [0.717, 1.165) is 69.9 Å². The molecular weight excluding hydrogens is 350 g/mol. The number of carbonyl (C=O) groups is 1. The van der Waals surface area contributed by atoms with Crippen LogP contribution in [0.4, 0.5) is 5.69 Å². The Hall–Kier alpha value is -1.39. The molecule has 2 unspecified atom stereocenters. The minimum atomic E-state index is -0.352. The summed E-state index contributed by atoms with van der Waals surface area (Å²) >= 11 is 0. The van der Waals surface area contributed by atoms with E-state index in [9.17, 15) is 15.0 Å². The highest BCUT2D eigenvalue weighted by Crippen LogP contribution is 2.38. The summed E-state index contributed by atoms with van der Waals surface area (Å²) in [5.74, 6) is 1.28. The number of nitrogens with one attached hydrogen (secondary N) is 1. The summed E-state index contributed by atoms with van der Waals surface area (Å²) in [5.41, 5.74) is 1.04. The quantitative estimate of drug-likeness (QED) is 0.394. The van der Waals surface area contributed by atoms with Gasteiger partial charge in [-0.05, 0) is 62.5 Å². The summed E-state index contributed by atoms with van der Waals surface area (Å²) in [7, 11) is 0. The smallest absolute Gasteiger partial charge is 0.132 e. The molecule has 0 spiro atoms. The van der Waals surface area contributed by atoms with Crippen molar-refractivity contribution in [2.75, 3.05) is 11.9 Å². The molecule has 1 aliphatic rings. The molecule has 0 heterocycles. The Balaban J connectivity index is 1.61. The lowest BCUT2D eigenvalue weighted by Gasteiger charge is -2.23. The van der Waals surface area contributed by atoms with Gasteiger partial charge in [-0.15, -0.1) is 0 Å². The Morgan fingerprint density at radius 3 is 2.61 bits per heavy atom. The predicted octanol–water partition coefficient (Wildman–Crippen LogP) is 4.95. The first-order valence-corrected chi connectivity index (χ1v) is 11.3. The van der Waals surface area contributed by atoms with Crippen molar-refractivity contribution in [1.82, 2.24) is 0 Å². The molecule has 28 heavy (non-hydrogen) atoms. The number of carbonyl (C=O) groups excluding carboxylic acids is 1. The van der Waals surface area contributed by atoms with Crippen LogP contribution in [-0.2, 0) is 4.79 Å². The summed E-state index contributed by atoms with van der Waals surface area (Å²) in [6, 6.07) is 9.97. The molecule has 4 atom stereocenters. The fourth-order valence-electron chi connectivity index (χ4n) is 4.45. The number of aliphatic hydroxyl groups excluding tert-OH is 2. The fourth-order valence-corrected chi connectivity index (χ4v) is 4.45. The zero-order chi connectivity index (χ0) is 20.2. The standard InChI is InChI=1S/C24H39NO3/c1-2-21(26)12-8-3-4-9-13-23-19(15-17-24(23)28)14-16-22(27)18-25-20-10-6-5-7-11-20/h5-7,10-11,19,22-25,27-28H,2-4,8-9,12-18H2,1H3/t19?,22?,23-,24+/m1/s1. The molecule has 4 heteroatoms. The molecule has 2 rings (SSSR count). The Morgan fingerprint density at radius 2 is 1.86 bits per heavy atom. The minimum Gasteiger partial charge on any atom is -0.393 e. The molecule has 3 N–H and O–H groups in total. The molecule has 0 amide bonds. The van der Waals surface area contributed by atoms with Gasteiger partial charge in [0.1, 0.15) is 5.78 Å². The average Bonchev–Trinajstić information content (AvgIpc) is 3.07. The van der Waals surface area contributed by atoms with Gasteiger partial charge in [-0.3, -0.25) is 4.79 Å². The van der Waals surface area contributed by atoms with E-state index in [1.807, 2.05) is 37.3 Å². The van der Waals surface area contributed by atoms with Crippen molar-refractivity contribution in [3.05, 3.63) is 30.3 Å². The molecule has 0 saturated heterocycles. The van der Waals surface area contributed by atoms with Gasteiger partial charge in [0.25, 0.3) is 0 Å². The van der Waals surface area contributed by atoms with Crippen molar-refractivity contribution >= 4 is 11.5 Å². The van der Waals surface area contributed by atoms with Gasteiger partial charge in [0.2, 0.25) is 0 Å². The maximum atomic E-state index is 11.3. The first-order valence-electron chi connectivity index (χ1n) is 11.3. The zero-order valence-electron chi connectivity index (χ0n) is 17.5. The number of hydrogen-bond acceptors (Lipinski definition) is 4. The third-order valence-electron chi connectivity index (χ3n) is 6.26. The van der Waals surface area contributed by atoms with Crippen molar-refractivity contribution in [3.8, 4) is 0 Å². The zero-order valence-corrected chi connectivity index (χ0v) is 17.5. The van der Waals surface area contributed by atoms with Gasteiger partial charge in [-0.2, -0.15) is 0 Å². The van der Waals surface area contributed by atoms with Crippen LogP contribution in [0.3, 0.4) is 0 Å². The van der Waals surface area contributed by atoms with Gasteiger partial charge >= 0.3 is 0 Å². The van der Waals surface area contributed by atoms with E-state index in [2.05, 4.69) is 5.32 Å². The highest BCUT2D eigenvalue weighted by atomic mass is 16.3. The Morgan fingerprint density at radius 1 is 1.11 bits per heavy atom. The monoisotopic (exact) mass is 389 g/mol. The van der Waals surface area contributed by atoms with Crippen LogP contribution in [0.15, 0.2) is 30.3 Å². The molecule has 1 aromatic rings. The lowest BCUT2D eigenvalue weighted by Crippen LogP contribution is -2.23. The molecule has 1 saturated carbocycles. The van der Waals surface area contributed by atoms with Crippen LogP contribution in [0.25, 0.3) is 0 Å². The van der Waals surface area contributed by atoms with E-state index in [4.69, 9.17) is 0 Å². The molecular formula is C24H39NO3. The molecule has 0 aromatic heterocycles. The first kappa shape index (κ1) is 22.9. The lowest BCUT2D eigenvalue weighted by atomic mass is 9.85. The van der Waals surface area contributed by atoms with Crippen LogP contribution in [0, 0.1) is 11.8 Å². The molecule has 4 nitrogen and oxygen atoms in total. The number of para-hydroxylation sites is 1. The van der Waals surface area contributed by atoms with Crippen molar-refractivity contribution in [3.63, 3.8) is 0 Å². The van der Waals surface area contributed by atoms with Gasteiger partial charge in [-0.1, -0.05) is 44.4 Å². The van der Waals surface area contributed by atoms with Crippen LogP contribution in [0.2, 0.25) is 0 Å². The van der Waals surface area contributed by atoms with Crippen molar-refractivity contribution < 1.29 is 15.0 Å².